The molecule has 2 amide bonds. The lowest BCUT2D eigenvalue weighted by Gasteiger charge is -2.08. The Bertz CT molecular complexity index is 899. The van der Waals surface area contributed by atoms with Gasteiger partial charge in [0.15, 0.2) is 0 Å². The van der Waals surface area contributed by atoms with Crippen LogP contribution in [-0.2, 0) is 13.1 Å². The Morgan fingerprint density at radius 2 is 1.29 bits per heavy atom. The lowest BCUT2D eigenvalue weighted by molar-refractivity contribution is 0.0950. The molecule has 0 saturated carbocycles. The summed E-state index contributed by atoms with van der Waals surface area (Å²) < 4.78 is 12.9. The lowest BCUT2D eigenvalue weighted by atomic mass is 10.1. The molecule has 1 aromatic heterocycles. The Morgan fingerprint density at radius 1 is 0.821 bits per heavy atom. The topological polar surface area (TPSA) is 71.1 Å². The number of carbonyl (C=O) groups is 2. The zero-order valence-electron chi connectivity index (χ0n) is 14.8. The van der Waals surface area contributed by atoms with E-state index < -0.39 is 0 Å². The van der Waals surface area contributed by atoms with E-state index in [0.29, 0.717) is 11.6 Å². The first kappa shape index (κ1) is 19.5. The van der Waals surface area contributed by atoms with Crippen molar-refractivity contribution in [3.63, 3.8) is 0 Å². The summed E-state index contributed by atoms with van der Waals surface area (Å²) in [5.74, 6) is -1.04. The molecular weight excluding hydrogens is 381 g/mol. The van der Waals surface area contributed by atoms with Crippen LogP contribution in [0.1, 0.15) is 31.8 Å². The average Bonchev–Trinajstić information content (AvgIpc) is 2.72. The Balaban J connectivity index is 1.58. The van der Waals surface area contributed by atoms with Gasteiger partial charge < -0.3 is 10.6 Å². The summed E-state index contributed by atoms with van der Waals surface area (Å²) in [6, 6.07) is 14.4. The van der Waals surface area contributed by atoms with Crippen molar-refractivity contribution in [2.45, 2.75) is 13.1 Å². The molecule has 0 spiro atoms. The molecule has 0 aliphatic heterocycles. The van der Waals surface area contributed by atoms with Crippen LogP contribution >= 0.6 is 11.6 Å². The molecule has 0 saturated heterocycles. The maximum atomic E-state index is 12.9. The predicted molar refractivity (Wildman–Crippen MR) is 104 cm³/mol. The highest BCUT2D eigenvalue weighted by atomic mass is 35.5. The smallest absolute Gasteiger partial charge is 0.253 e. The minimum atomic E-state index is -0.371. The first-order valence-corrected chi connectivity index (χ1v) is 8.89. The van der Waals surface area contributed by atoms with Gasteiger partial charge in [0.05, 0.1) is 11.1 Å². The second kappa shape index (κ2) is 9.10. The molecule has 0 aliphatic carbocycles. The van der Waals surface area contributed by atoms with Crippen molar-refractivity contribution in [3.8, 4) is 0 Å². The highest BCUT2D eigenvalue weighted by Crippen LogP contribution is 2.10. The minimum Gasteiger partial charge on any atom is -0.348 e. The van der Waals surface area contributed by atoms with E-state index in [-0.39, 0.29) is 35.3 Å². The SMILES string of the molecule is O=C(NCc1ccc(F)cc1)c1cncc(C(=O)NCc2ccc(Cl)cc2)c1. The van der Waals surface area contributed by atoms with Gasteiger partial charge in [-0.3, -0.25) is 14.6 Å². The number of rotatable bonds is 6. The zero-order chi connectivity index (χ0) is 19.9. The number of hydrogen-bond donors (Lipinski definition) is 2. The van der Waals surface area contributed by atoms with Crippen molar-refractivity contribution >= 4 is 23.4 Å². The molecule has 0 fully saturated rings. The van der Waals surface area contributed by atoms with E-state index in [0.717, 1.165) is 11.1 Å². The van der Waals surface area contributed by atoms with Gasteiger partial charge in [0.1, 0.15) is 5.82 Å². The Labute approximate surface area is 166 Å². The van der Waals surface area contributed by atoms with Gasteiger partial charge in [-0.15, -0.1) is 0 Å². The fraction of sp³-hybridized carbons (Fsp3) is 0.0952. The standard InChI is InChI=1S/C21H17ClFN3O2/c22-18-5-1-14(2-6-18)10-25-20(27)16-9-17(13-24-12-16)21(28)26-11-15-3-7-19(23)8-4-15/h1-9,12-13H,10-11H2,(H,25,27)(H,26,28). The third-order valence-corrected chi connectivity index (χ3v) is 4.25. The van der Waals surface area contributed by atoms with E-state index in [1.54, 1.807) is 24.3 Å². The molecule has 3 aromatic rings. The Morgan fingerprint density at radius 3 is 1.79 bits per heavy atom. The number of benzene rings is 2. The summed E-state index contributed by atoms with van der Waals surface area (Å²) in [7, 11) is 0. The monoisotopic (exact) mass is 397 g/mol. The second-order valence-electron chi connectivity index (χ2n) is 6.08. The van der Waals surface area contributed by atoms with E-state index in [2.05, 4.69) is 15.6 Å². The van der Waals surface area contributed by atoms with Crippen molar-refractivity contribution in [2.75, 3.05) is 0 Å². The third kappa shape index (κ3) is 5.37. The van der Waals surface area contributed by atoms with E-state index in [1.165, 1.54) is 30.6 Å². The summed E-state index contributed by atoms with van der Waals surface area (Å²) in [4.78, 5) is 28.6. The lowest BCUT2D eigenvalue weighted by Crippen LogP contribution is -2.25. The maximum absolute atomic E-state index is 12.9. The number of nitrogens with one attached hydrogen (secondary N) is 2. The van der Waals surface area contributed by atoms with Gasteiger partial charge in [-0.25, -0.2) is 4.39 Å². The van der Waals surface area contributed by atoms with E-state index in [9.17, 15) is 14.0 Å². The summed E-state index contributed by atoms with van der Waals surface area (Å²) in [6.07, 6.45) is 2.78. The van der Waals surface area contributed by atoms with Crippen LogP contribution in [0.25, 0.3) is 0 Å². The molecule has 7 heteroatoms. The van der Waals surface area contributed by atoms with Crippen LogP contribution < -0.4 is 10.6 Å². The summed E-state index contributed by atoms with van der Waals surface area (Å²) in [6.45, 7) is 0.573. The van der Waals surface area contributed by atoms with Crippen LogP contribution in [0.2, 0.25) is 5.02 Å². The van der Waals surface area contributed by atoms with Crippen LogP contribution in [0.5, 0.6) is 0 Å². The first-order valence-electron chi connectivity index (χ1n) is 8.51. The number of halogens is 2. The highest BCUT2D eigenvalue weighted by Gasteiger charge is 2.11. The van der Waals surface area contributed by atoms with Crippen LogP contribution in [0.15, 0.2) is 67.0 Å². The molecular formula is C21H17ClFN3O2. The van der Waals surface area contributed by atoms with Crippen molar-refractivity contribution in [1.29, 1.82) is 0 Å². The summed E-state index contributed by atoms with van der Waals surface area (Å²) in [5.41, 5.74) is 2.21. The van der Waals surface area contributed by atoms with Gasteiger partial charge in [0.2, 0.25) is 0 Å². The van der Waals surface area contributed by atoms with Crippen LogP contribution in [0, 0.1) is 5.82 Å². The van der Waals surface area contributed by atoms with Gasteiger partial charge in [0, 0.05) is 30.5 Å². The number of hydrogen-bond acceptors (Lipinski definition) is 3. The molecule has 142 valence electrons. The minimum absolute atomic E-state index is 0.242. The number of aromatic nitrogens is 1. The Kier molecular flexibility index (Phi) is 6.34. The van der Waals surface area contributed by atoms with Gasteiger partial charge in [-0.05, 0) is 41.5 Å². The van der Waals surface area contributed by atoms with Crippen molar-refractivity contribution in [1.82, 2.24) is 15.6 Å². The Hall–Kier alpha value is -3.25. The zero-order valence-corrected chi connectivity index (χ0v) is 15.5. The molecule has 0 radical (unpaired) electrons. The first-order chi connectivity index (χ1) is 13.5. The van der Waals surface area contributed by atoms with Gasteiger partial charge in [0.25, 0.3) is 11.8 Å². The molecule has 0 aliphatic rings. The number of nitrogens with zero attached hydrogens (tertiary/aromatic N) is 1. The van der Waals surface area contributed by atoms with Crippen molar-refractivity contribution in [3.05, 3.63) is 100 Å². The summed E-state index contributed by atoms with van der Waals surface area (Å²) >= 11 is 5.84. The molecule has 2 N–H and O–H groups in total. The number of carbonyl (C=O) groups excluding carboxylic acids is 2. The van der Waals surface area contributed by atoms with Crippen LogP contribution in [0.3, 0.4) is 0 Å². The molecule has 3 rings (SSSR count). The molecule has 5 nitrogen and oxygen atoms in total. The molecule has 0 bridgehead atoms. The second-order valence-corrected chi connectivity index (χ2v) is 6.52. The van der Waals surface area contributed by atoms with Crippen LogP contribution in [0.4, 0.5) is 4.39 Å². The van der Waals surface area contributed by atoms with E-state index in [4.69, 9.17) is 11.6 Å². The highest BCUT2D eigenvalue weighted by molar-refractivity contribution is 6.30. The van der Waals surface area contributed by atoms with E-state index in [1.807, 2.05) is 12.1 Å². The fourth-order valence-electron chi connectivity index (χ4n) is 2.46. The van der Waals surface area contributed by atoms with Gasteiger partial charge in [-0.2, -0.15) is 0 Å². The largest absolute Gasteiger partial charge is 0.348 e. The molecule has 0 unspecified atom stereocenters. The third-order valence-electron chi connectivity index (χ3n) is 4.00. The average molecular weight is 398 g/mol. The van der Waals surface area contributed by atoms with Crippen molar-refractivity contribution < 1.29 is 14.0 Å². The van der Waals surface area contributed by atoms with Gasteiger partial charge in [-0.1, -0.05) is 35.9 Å². The maximum Gasteiger partial charge on any atom is 0.253 e. The molecule has 0 atom stereocenters. The quantitative estimate of drug-likeness (QED) is 0.665. The number of pyridine rings is 1. The normalized spacial score (nSPS) is 10.4. The van der Waals surface area contributed by atoms with Crippen molar-refractivity contribution in [2.24, 2.45) is 0 Å². The fourth-order valence-corrected chi connectivity index (χ4v) is 2.59. The molecule has 1 heterocycles. The molecule has 28 heavy (non-hydrogen) atoms. The predicted octanol–water partition coefficient (Wildman–Crippen LogP) is 3.73. The molecule has 2 aromatic carbocycles. The van der Waals surface area contributed by atoms with Gasteiger partial charge >= 0.3 is 0 Å². The van der Waals surface area contributed by atoms with E-state index >= 15 is 0 Å². The number of amides is 2. The summed E-state index contributed by atoms with van der Waals surface area (Å²) in [5, 5.41) is 6.12. The van der Waals surface area contributed by atoms with Crippen LogP contribution in [-0.4, -0.2) is 16.8 Å².